The lowest BCUT2D eigenvalue weighted by Gasteiger charge is -2.20. The third kappa shape index (κ3) is 2.26. The standard InChI is InChI=1S/C15H16N4O3/c1-21-10-5-9(6-11(7-10)22-2)19-8-12(20)13(14(19)16)15-17-3-4-18-15/h3-7H,8,16H2,1-2H3,(H,17,18). The summed E-state index contributed by atoms with van der Waals surface area (Å²) in [6.07, 6.45) is 3.24. The van der Waals surface area contributed by atoms with Gasteiger partial charge in [-0.15, -0.1) is 0 Å². The molecule has 0 radical (unpaired) electrons. The molecule has 1 aliphatic rings. The van der Waals surface area contributed by atoms with E-state index >= 15 is 0 Å². The fourth-order valence-electron chi connectivity index (χ4n) is 2.42. The number of aromatic nitrogens is 2. The number of aromatic amines is 1. The number of rotatable bonds is 4. The Morgan fingerprint density at radius 3 is 2.45 bits per heavy atom. The summed E-state index contributed by atoms with van der Waals surface area (Å²) in [6.45, 7) is 0.151. The number of H-pyrrole nitrogens is 1. The molecule has 2 aromatic rings. The van der Waals surface area contributed by atoms with Crippen LogP contribution >= 0.6 is 0 Å². The molecule has 0 saturated carbocycles. The Labute approximate surface area is 127 Å². The van der Waals surface area contributed by atoms with Gasteiger partial charge in [0, 0.05) is 30.6 Å². The number of nitrogens with two attached hydrogens (primary N) is 1. The first-order chi connectivity index (χ1) is 10.6. The van der Waals surface area contributed by atoms with E-state index in [0.29, 0.717) is 28.7 Å². The van der Waals surface area contributed by atoms with E-state index in [1.54, 1.807) is 49.7 Å². The summed E-state index contributed by atoms with van der Waals surface area (Å²) < 4.78 is 10.5. The first-order valence-electron chi connectivity index (χ1n) is 6.67. The van der Waals surface area contributed by atoms with Gasteiger partial charge in [0.1, 0.15) is 28.7 Å². The van der Waals surface area contributed by atoms with Gasteiger partial charge in [-0.3, -0.25) is 4.79 Å². The van der Waals surface area contributed by atoms with Gasteiger partial charge in [-0.25, -0.2) is 4.98 Å². The van der Waals surface area contributed by atoms with Crippen molar-refractivity contribution >= 4 is 17.0 Å². The van der Waals surface area contributed by atoms with Crippen LogP contribution in [0.2, 0.25) is 0 Å². The van der Waals surface area contributed by atoms with Crippen molar-refractivity contribution < 1.29 is 14.3 Å². The van der Waals surface area contributed by atoms with Crippen LogP contribution in [0.15, 0.2) is 36.4 Å². The molecule has 7 nitrogen and oxygen atoms in total. The number of nitrogens with zero attached hydrogens (tertiary/aromatic N) is 2. The average Bonchev–Trinajstić information content (AvgIpc) is 3.14. The van der Waals surface area contributed by atoms with Crippen molar-refractivity contribution in [2.45, 2.75) is 0 Å². The number of hydrogen-bond acceptors (Lipinski definition) is 6. The van der Waals surface area contributed by atoms with E-state index < -0.39 is 0 Å². The van der Waals surface area contributed by atoms with Gasteiger partial charge in [0.2, 0.25) is 0 Å². The Kier molecular flexibility index (Phi) is 3.46. The molecule has 0 amide bonds. The highest BCUT2D eigenvalue weighted by atomic mass is 16.5. The topological polar surface area (TPSA) is 93.5 Å². The fraction of sp³-hybridized carbons (Fsp3) is 0.200. The van der Waals surface area contributed by atoms with E-state index in [1.807, 2.05) is 0 Å². The van der Waals surface area contributed by atoms with Gasteiger partial charge in [0.25, 0.3) is 0 Å². The quantitative estimate of drug-likeness (QED) is 0.879. The normalized spacial score (nSPS) is 14.6. The van der Waals surface area contributed by atoms with Crippen molar-refractivity contribution in [3.05, 3.63) is 42.2 Å². The summed E-state index contributed by atoms with van der Waals surface area (Å²) in [7, 11) is 3.14. The largest absolute Gasteiger partial charge is 0.497 e. The number of Topliss-reactive ketones (excluding diaryl/α,β-unsaturated/α-hetero) is 1. The van der Waals surface area contributed by atoms with E-state index in [-0.39, 0.29) is 12.3 Å². The predicted octanol–water partition coefficient (Wildman–Crippen LogP) is 1.14. The molecule has 7 heteroatoms. The molecule has 3 N–H and O–H groups in total. The monoisotopic (exact) mass is 300 g/mol. The maximum Gasteiger partial charge on any atom is 0.189 e. The molecule has 1 aromatic carbocycles. The molecule has 0 bridgehead atoms. The summed E-state index contributed by atoms with van der Waals surface area (Å²) in [6, 6.07) is 5.36. The van der Waals surface area contributed by atoms with Gasteiger partial charge in [-0.2, -0.15) is 0 Å². The lowest BCUT2D eigenvalue weighted by molar-refractivity contribution is -0.112. The molecule has 0 unspecified atom stereocenters. The number of carbonyl (C=O) groups is 1. The van der Waals surface area contributed by atoms with Crippen LogP contribution in [0.1, 0.15) is 5.82 Å². The Bertz CT molecular complexity index is 715. The number of ketones is 1. The predicted molar refractivity (Wildman–Crippen MR) is 81.6 cm³/mol. The molecular formula is C15H16N4O3. The van der Waals surface area contributed by atoms with Crippen LogP contribution in [0.4, 0.5) is 5.69 Å². The lowest BCUT2D eigenvalue weighted by atomic mass is 10.2. The molecular weight excluding hydrogens is 284 g/mol. The third-order valence-corrected chi connectivity index (χ3v) is 3.51. The molecule has 0 fully saturated rings. The van der Waals surface area contributed by atoms with Gasteiger partial charge in [0.15, 0.2) is 5.78 Å². The second-order valence-corrected chi connectivity index (χ2v) is 4.78. The molecule has 0 spiro atoms. The molecule has 114 valence electrons. The van der Waals surface area contributed by atoms with Crippen LogP contribution in [0.5, 0.6) is 11.5 Å². The summed E-state index contributed by atoms with van der Waals surface area (Å²) >= 11 is 0. The Morgan fingerprint density at radius 2 is 1.91 bits per heavy atom. The second kappa shape index (κ2) is 5.44. The third-order valence-electron chi connectivity index (χ3n) is 3.51. The minimum atomic E-state index is -0.0887. The van der Waals surface area contributed by atoms with Crippen LogP contribution in [-0.2, 0) is 4.79 Å². The first-order valence-corrected chi connectivity index (χ1v) is 6.67. The zero-order valence-corrected chi connectivity index (χ0v) is 12.3. The molecule has 3 rings (SSSR count). The number of hydrogen-bond donors (Lipinski definition) is 2. The summed E-state index contributed by atoms with van der Waals surface area (Å²) in [5.41, 5.74) is 7.28. The zero-order chi connectivity index (χ0) is 15.7. The van der Waals surface area contributed by atoms with Crippen molar-refractivity contribution in [1.82, 2.24) is 9.97 Å². The van der Waals surface area contributed by atoms with Crippen LogP contribution in [0, 0.1) is 0 Å². The first kappa shape index (κ1) is 14.0. The molecule has 0 atom stereocenters. The second-order valence-electron chi connectivity index (χ2n) is 4.78. The summed E-state index contributed by atoms with van der Waals surface area (Å²) in [5.74, 6) is 1.99. The molecule has 22 heavy (non-hydrogen) atoms. The van der Waals surface area contributed by atoms with Crippen molar-refractivity contribution in [1.29, 1.82) is 0 Å². The van der Waals surface area contributed by atoms with E-state index in [4.69, 9.17) is 15.2 Å². The Morgan fingerprint density at radius 1 is 1.23 bits per heavy atom. The van der Waals surface area contributed by atoms with Crippen molar-refractivity contribution in [3.63, 3.8) is 0 Å². The highest BCUT2D eigenvalue weighted by Crippen LogP contribution is 2.33. The van der Waals surface area contributed by atoms with Crippen LogP contribution in [0.3, 0.4) is 0 Å². The minimum absolute atomic E-state index is 0.0887. The molecule has 0 aliphatic carbocycles. The number of nitrogens with one attached hydrogen (secondary N) is 1. The number of anilines is 1. The molecule has 2 heterocycles. The Hall–Kier alpha value is -2.96. The smallest absolute Gasteiger partial charge is 0.189 e. The van der Waals surface area contributed by atoms with Crippen LogP contribution in [0.25, 0.3) is 5.57 Å². The fourth-order valence-corrected chi connectivity index (χ4v) is 2.42. The molecule has 0 saturated heterocycles. The molecule has 1 aliphatic heterocycles. The maximum atomic E-state index is 12.3. The SMILES string of the molecule is COc1cc(OC)cc(N2CC(=O)C(c3ncc[nH]3)=C2N)c1. The van der Waals surface area contributed by atoms with Crippen molar-refractivity contribution in [3.8, 4) is 11.5 Å². The lowest BCUT2D eigenvalue weighted by Crippen LogP contribution is -2.25. The zero-order valence-electron chi connectivity index (χ0n) is 12.3. The maximum absolute atomic E-state index is 12.3. The van der Waals surface area contributed by atoms with E-state index in [1.165, 1.54) is 0 Å². The highest BCUT2D eigenvalue weighted by Gasteiger charge is 2.31. The Balaban J connectivity index is 2.05. The van der Waals surface area contributed by atoms with E-state index in [9.17, 15) is 4.79 Å². The number of carbonyl (C=O) groups excluding carboxylic acids is 1. The number of imidazole rings is 1. The number of ether oxygens (including phenoxy) is 2. The minimum Gasteiger partial charge on any atom is -0.497 e. The average molecular weight is 300 g/mol. The highest BCUT2D eigenvalue weighted by molar-refractivity contribution is 6.25. The summed E-state index contributed by atoms with van der Waals surface area (Å²) in [5, 5.41) is 0. The van der Waals surface area contributed by atoms with Crippen molar-refractivity contribution in [2.75, 3.05) is 25.7 Å². The van der Waals surface area contributed by atoms with Crippen LogP contribution < -0.4 is 20.1 Å². The van der Waals surface area contributed by atoms with Crippen molar-refractivity contribution in [2.24, 2.45) is 5.73 Å². The number of benzene rings is 1. The van der Waals surface area contributed by atoms with Gasteiger partial charge in [-0.05, 0) is 0 Å². The van der Waals surface area contributed by atoms with E-state index in [0.717, 1.165) is 5.69 Å². The molecule has 1 aromatic heterocycles. The van der Waals surface area contributed by atoms with Gasteiger partial charge in [0.05, 0.1) is 26.5 Å². The van der Waals surface area contributed by atoms with Gasteiger partial charge in [-0.1, -0.05) is 0 Å². The summed E-state index contributed by atoms with van der Waals surface area (Å²) in [4.78, 5) is 21.0. The van der Waals surface area contributed by atoms with E-state index in [2.05, 4.69) is 9.97 Å². The van der Waals surface area contributed by atoms with Gasteiger partial charge < -0.3 is 25.1 Å². The number of methoxy groups -OCH3 is 2. The van der Waals surface area contributed by atoms with Gasteiger partial charge >= 0.3 is 0 Å². The van der Waals surface area contributed by atoms with Crippen LogP contribution in [-0.4, -0.2) is 36.5 Å².